The maximum Gasteiger partial charge on any atom is 0.495 e. The minimum Gasteiger partial charge on any atom is -0.291 e. The van der Waals surface area contributed by atoms with Gasteiger partial charge in [0.05, 0.1) is 4.86 Å². The topological polar surface area (TPSA) is 82.2 Å². The smallest absolute Gasteiger partial charge is 0.291 e. The summed E-state index contributed by atoms with van der Waals surface area (Å²) in [6, 6.07) is 47.5. The summed E-state index contributed by atoms with van der Waals surface area (Å²) in [6.45, 7) is 5.90. The Labute approximate surface area is 284 Å². The molecule has 47 heavy (non-hydrogen) atoms. The Bertz CT molecular complexity index is 1580. The van der Waals surface area contributed by atoms with Gasteiger partial charge in [-0.25, -0.2) is 0 Å². The zero-order valence-corrected chi connectivity index (χ0v) is 30.1. The van der Waals surface area contributed by atoms with Gasteiger partial charge in [-0.05, 0) is 60.7 Å². The van der Waals surface area contributed by atoms with Crippen molar-refractivity contribution in [3.05, 3.63) is 152 Å². The molecular formula is C35H40ClN3O5P3+3. The molecular weight excluding hydrogens is 671 g/mol. The van der Waals surface area contributed by atoms with Gasteiger partial charge in [-0.3, -0.25) is 22.6 Å². The van der Waals surface area contributed by atoms with Crippen molar-refractivity contribution in [1.82, 2.24) is 15.0 Å². The molecule has 0 aliphatic heterocycles. The summed E-state index contributed by atoms with van der Waals surface area (Å²) in [7, 11) is -7.94. The number of hydrogen-bond acceptors (Lipinski definition) is 8. The second-order valence-corrected chi connectivity index (χ2v) is 19.7. The molecule has 0 aliphatic rings. The lowest BCUT2D eigenvalue weighted by molar-refractivity contribution is 0.378. The third-order valence-electron chi connectivity index (χ3n) is 6.73. The molecule has 8 nitrogen and oxygen atoms in total. The molecule has 12 heteroatoms. The zero-order chi connectivity index (χ0) is 33.2. The van der Waals surface area contributed by atoms with Crippen molar-refractivity contribution >= 4 is 34.1 Å². The highest BCUT2D eigenvalue weighted by Gasteiger charge is 2.73. The van der Waals surface area contributed by atoms with Gasteiger partial charge in [0.2, 0.25) is 5.28 Å². The van der Waals surface area contributed by atoms with Crippen LogP contribution in [0.4, 0.5) is 0 Å². The Morgan fingerprint density at radius 2 is 0.787 bits per heavy atom. The molecule has 5 aromatic carbocycles. The fraction of sp³-hybridized carbons (Fsp3) is 0.143. The van der Waals surface area contributed by atoms with Crippen LogP contribution in [0.1, 0.15) is 13.8 Å². The molecule has 0 aromatic heterocycles. The van der Waals surface area contributed by atoms with Gasteiger partial charge in [0.15, 0.2) is 40.0 Å². The van der Waals surface area contributed by atoms with Crippen LogP contribution >= 0.6 is 34.1 Å². The molecule has 0 aliphatic carbocycles. The first-order valence-corrected chi connectivity index (χ1v) is 21.3. The van der Waals surface area contributed by atoms with Crippen molar-refractivity contribution in [2.45, 2.75) is 19.1 Å². The maximum absolute atomic E-state index is 7.37. The molecule has 0 spiro atoms. The lowest BCUT2D eigenvalue weighted by Crippen LogP contribution is -2.51. The first-order chi connectivity index (χ1) is 22.6. The average Bonchev–Trinajstić information content (AvgIpc) is 3.06. The number of hydrogen-bond donors (Lipinski definition) is 3. The fourth-order valence-corrected chi connectivity index (χ4v) is 14.0. The Kier molecular flexibility index (Phi) is 11.6. The second kappa shape index (κ2) is 15.6. The van der Waals surface area contributed by atoms with E-state index in [0.29, 0.717) is 28.7 Å². The Morgan fingerprint density at radius 1 is 0.489 bits per heavy atom. The van der Waals surface area contributed by atoms with Crippen LogP contribution in [0.15, 0.2) is 152 Å². The van der Waals surface area contributed by atoms with Crippen LogP contribution in [0.25, 0.3) is 0 Å². The van der Waals surface area contributed by atoms with Gasteiger partial charge in [0, 0.05) is 20.9 Å². The first-order valence-electron chi connectivity index (χ1n) is 15.0. The fourth-order valence-electron chi connectivity index (χ4n) is 4.58. The van der Waals surface area contributed by atoms with E-state index < -0.39 is 28.2 Å². The van der Waals surface area contributed by atoms with Crippen LogP contribution in [0.5, 0.6) is 28.7 Å². The van der Waals surface area contributed by atoms with E-state index in [4.69, 9.17) is 33.9 Å². The van der Waals surface area contributed by atoms with Crippen molar-refractivity contribution in [3.63, 3.8) is 0 Å². The highest BCUT2D eigenvalue weighted by Crippen LogP contribution is 2.76. The first kappa shape index (κ1) is 34.9. The van der Waals surface area contributed by atoms with Crippen LogP contribution in [0.3, 0.4) is 0 Å². The standard InChI is InChI=1S/C35H40ClN3O5P3/c1-35(2,38-45(4,40-30-20-10-5-11-21-30)41-31-22-12-6-13-23-31)46(42-32-24-14-7-15-25-32,43-33-26-16-8-17-27-33)39-47(36,37-3)44-34-28-18-9-19-29-34/h5-29,37-39H,1-4H3/q+3. The highest BCUT2D eigenvalue weighted by atomic mass is 35.7. The SMILES string of the molecule is CN[P+](Cl)(N[P+](Oc1ccccc1)(Oc1ccccc1)C(C)(C)N[P+](C)(Oc1ccccc1)Oc1ccccc1)Oc1ccccc1. The number of rotatable bonds is 16. The lowest BCUT2D eigenvalue weighted by Gasteiger charge is -2.36. The number of halogens is 1. The Morgan fingerprint density at radius 3 is 1.11 bits per heavy atom. The van der Waals surface area contributed by atoms with Crippen LogP contribution in [0, 0.1) is 0 Å². The normalized spacial score (nSPS) is 13.2. The minimum atomic E-state index is -3.49. The van der Waals surface area contributed by atoms with Crippen molar-refractivity contribution < 1.29 is 22.6 Å². The Balaban J connectivity index is 1.63. The van der Waals surface area contributed by atoms with E-state index in [2.05, 4.69) is 15.0 Å². The molecule has 244 valence electrons. The maximum atomic E-state index is 7.37. The summed E-state index contributed by atoms with van der Waals surface area (Å²) in [5.74, 6) is 3.03. The predicted octanol–water partition coefficient (Wildman–Crippen LogP) is 10.6. The third kappa shape index (κ3) is 9.56. The van der Waals surface area contributed by atoms with Crippen LogP contribution in [0.2, 0.25) is 0 Å². The lowest BCUT2D eigenvalue weighted by atomic mass is 10.3. The zero-order valence-electron chi connectivity index (χ0n) is 26.7. The summed E-state index contributed by atoms with van der Waals surface area (Å²) in [5, 5.41) is 5.88. The van der Waals surface area contributed by atoms with Crippen molar-refractivity contribution in [2.24, 2.45) is 0 Å². The number of para-hydroxylation sites is 5. The van der Waals surface area contributed by atoms with Gasteiger partial charge < -0.3 is 0 Å². The summed E-state index contributed by atoms with van der Waals surface area (Å²) in [6.07, 6.45) is 0. The average molecular weight is 711 g/mol. The Hall–Kier alpha value is -3.44. The molecule has 0 radical (unpaired) electrons. The predicted molar refractivity (Wildman–Crippen MR) is 197 cm³/mol. The monoisotopic (exact) mass is 710 g/mol. The molecule has 5 rings (SSSR count). The van der Waals surface area contributed by atoms with E-state index in [1.54, 1.807) is 7.05 Å². The third-order valence-corrected chi connectivity index (χ3v) is 16.0. The van der Waals surface area contributed by atoms with Crippen molar-refractivity contribution in [2.75, 3.05) is 13.7 Å². The van der Waals surface area contributed by atoms with Gasteiger partial charge in [0.1, 0.15) is 6.66 Å². The summed E-state index contributed by atoms with van der Waals surface area (Å²) in [4.78, 5) is 3.58. The number of nitrogens with one attached hydrogen (secondary N) is 3. The van der Waals surface area contributed by atoms with E-state index in [0.717, 1.165) is 0 Å². The van der Waals surface area contributed by atoms with Crippen molar-refractivity contribution in [3.8, 4) is 28.7 Å². The highest BCUT2D eigenvalue weighted by molar-refractivity contribution is 7.98. The molecule has 1 unspecified atom stereocenters. The quantitative estimate of drug-likeness (QED) is 0.0873. The van der Waals surface area contributed by atoms with Crippen LogP contribution < -0.4 is 37.7 Å². The van der Waals surface area contributed by atoms with Gasteiger partial charge in [-0.1, -0.05) is 96.1 Å². The summed E-state index contributed by atoms with van der Waals surface area (Å²) >= 11 is 7.37. The molecule has 0 amide bonds. The molecule has 0 bridgehead atoms. The van der Waals surface area contributed by atoms with Crippen LogP contribution in [-0.4, -0.2) is 19.0 Å². The van der Waals surface area contributed by atoms with E-state index in [1.807, 2.05) is 172 Å². The summed E-state index contributed by atoms with van der Waals surface area (Å²) < 4.78 is 33.8. The molecule has 0 heterocycles. The molecule has 3 N–H and O–H groups in total. The van der Waals surface area contributed by atoms with Crippen molar-refractivity contribution in [1.29, 1.82) is 0 Å². The molecule has 0 saturated heterocycles. The van der Waals surface area contributed by atoms with Gasteiger partial charge in [-0.2, -0.15) is 0 Å². The molecule has 0 saturated carbocycles. The molecule has 0 fully saturated rings. The van der Waals surface area contributed by atoms with Gasteiger partial charge >= 0.3 is 22.9 Å². The van der Waals surface area contributed by atoms with E-state index >= 15 is 0 Å². The molecule has 1 atom stereocenters. The minimum absolute atomic E-state index is 0.575. The van der Waals surface area contributed by atoms with Gasteiger partial charge in [0.25, 0.3) is 0 Å². The second-order valence-electron chi connectivity index (χ2n) is 10.9. The number of benzene rings is 5. The van der Waals surface area contributed by atoms with E-state index in [-0.39, 0.29) is 0 Å². The van der Waals surface area contributed by atoms with Crippen LogP contribution in [-0.2, 0) is 0 Å². The summed E-state index contributed by atoms with van der Waals surface area (Å²) in [5.41, 5.74) is 0. The molecule has 5 aromatic rings. The van der Waals surface area contributed by atoms with Gasteiger partial charge in [-0.15, -0.1) is 5.09 Å². The van der Waals surface area contributed by atoms with E-state index in [1.165, 1.54) is 0 Å². The van der Waals surface area contributed by atoms with E-state index in [9.17, 15) is 0 Å². The largest absolute Gasteiger partial charge is 0.495 e.